The molecule has 1 unspecified atom stereocenters. The van der Waals surface area contributed by atoms with Gasteiger partial charge in [-0.3, -0.25) is 19.6 Å². The fourth-order valence-corrected chi connectivity index (χ4v) is 4.34. The van der Waals surface area contributed by atoms with Gasteiger partial charge in [0.1, 0.15) is 12.4 Å². The summed E-state index contributed by atoms with van der Waals surface area (Å²) in [6.07, 6.45) is -0.660. The number of carbonyl (C=O) groups is 3. The van der Waals surface area contributed by atoms with Crippen LogP contribution in [0.25, 0.3) is 11.1 Å². The number of aliphatic carboxylic acids is 1. The zero-order chi connectivity index (χ0) is 25.1. The van der Waals surface area contributed by atoms with Crippen molar-refractivity contribution in [1.82, 2.24) is 15.1 Å². The lowest BCUT2D eigenvalue weighted by Crippen LogP contribution is -2.35. The average molecular weight is 477 g/mol. The third kappa shape index (κ3) is 5.03. The molecule has 9 nitrogen and oxygen atoms in total. The fraction of sp³-hybridized carbons (Fsp3) is 0.308. The second kappa shape index (κ2) is 10.0. The number of carboxylic acids is 1. The molecule has 0 saturated heterocycles. The molecule has 182 valence electrons. The van der Waals surface area contributed by atoms with Gasteiger partial charge in [-0.05, 0) is 28.2 Å². The predicted molar refractivity (Wildman–Crippen MR) is 130 cm³/mol. The Morgan fingerprint density at radius 1 is 1.06 bits per heavy atom. The number of aryl methyl sites for hydroxylation is 1. The lowest BCUT2D eigenvalue weighted by molar-refractivity contribution is -0.142. The normalized spacial score (nSPS) is 13.1. The summed E-state index contributed by atoms with van der Waals surface area (Å²) in [6.45, 7) is 3.71. The van der Waals surface area contributed by atoms with E-state index in [1.165, 1.54) is 10.7 Å². The van der Waals surface area contributed by atoms with E-state index in [2.05, 4.69) is 27.9 Å². The summed E-state index contributed by atoms with van der Waals surface area (Å²) in [6, 6.07) is 17.6. The molecule has 2 aromatic carbocycles. The van der Waals surface area contributed by atoms with Gasteiger partial charge in [0.25, 0.3) is 5.91 Å². The number of ether oxygens (including phenoxy) is 1. The number of benzene rings is 2. The molecule has 0 saturated carbocycles. The number of nitrogens with one attached hydrogen (secondary N) is 2. The minimum Gasteiger partial charge on any atom is -0.481 e. The van der Waals surface area contributed by atoms with E-state index in [1.54, 1.807) is 20.9 Å². The van der Waals surface area contributed by atoms with Crippen molar-refractivity contribution in [1.29, 1.82) is 0 Å². The minimum absolute atomic E-state index is 0.0163. The molecule has 1 aromatic heterocycles. The lowest BCUT2D eigenvalue weighted by Gasteiger charge is -2.16. The summed E-state index contributed by atoms with van der Waals surface area (Å²) in [4.78, 5) is 36.3. The van der Waals surface area contributed by atoms with Gasteiger partial charge < -0.3 is 15.2 Å². The summed E-state index contributed by atoms with van der Waals surface area (Å²) >= 11 is 0. The van der Waals surface area contributed by atoms with Gasteiger partial charge >= 0.3 is 12.1 Å². The number of hydrogen-bond acceptors (Lipinski definition) is 5. The number of hydrogen-bond donors (Lipinski definition) is 3. The Morgan fingerprint density at radius 3 is 2.23 bits per heavy atom. The Bertz CT molecular complexity index is 1220. The third-order valence-corrected chi connectivity index (χ3v) is 6.29. The molecule has 35 heavy (non-hydrogen) atoms. The van der Waals surface area contributed by atoms with Crippen LogP contribution in [-0.2, 0) is 16.6 Å². The average Bonchev–Trinajstić information content (AvgIpc) is 3.35. The number of nitrogens with zero attached hydrogens (tertiary/aromatic N) is 2. The molecule has 1 atom stereocenters. The molecule has 0 spiro atoms. The van der Waals surface area contributed by atoms with Crippen LogP contribution in [0.2, 0.25) is 0 Å². The second-order valence-electron chi connectivity index (χ2n) is 8.89. The van der Waals surface area contributed by atoms with Crippen LogP contribution in [-0.4, -0.2) is 46.0 Å². The highest BCUT2D eigenvalue weighted by Gasteiger charge is 2.29. The first-order chi connectivity index (χ1) is 16.8. The topological polar surface area (TPSA) is 123 Å². The Labute approximate surface area is 203 Å². The van der Waals surface area contributed by atoms with Gasteiger partial charge in [0.05, 0.1) is 5.92 Å². The Hall–Kier alpha value is -4.14. The van der Waals surface area contributed by atoms with Crippen LogP contribution in [0.15, 0.2) is 54.6 Å². The maximum Gasteiger partial charge on any atom is 0.412 e. The quantitative estimate of drug-likeness (QED) is 0.454. The highest BCUT2D eigenvalue weighted by molar-refractivity contribution is 5.94. The van der Waals surface area contributed by atoms with Crippen LogP contribution in [0.5, 0.6) is 0 Å². The molecule has 0 radical (unpaired) electrons. The van der Waals surface area contributed by atoms with E-state index in [9.17, 15) is 19.5 Å². The summed E-state index contributed by atoms with van der Waals surface area (Å²) in [5, 5.41) is 18.6. The fourth-order valence-electron chi connectivity index (χ4n) is 4.34. The number of amides is 2. The molecule has 1 aliphatic carbocycles. The molecule has 3 aromatic rings. The van der Waals surface area contributed by atoms with Gasteiger partial charge in [0, 0.05) is 25.6 Å². The van der Waals surface area contributed by atoms with Crippen LogP contribution < -0.4 is 10.6 Å². The first-order valence-corrected chi connectivity index (χ1v) is 11.4. The highest BCUT2D eigenvalue weighted by Crippen LogP contribution is 2.44. The zero-order valence-electron chi connectivity index (χ0n) is 19.8. The van der Waals surface area contributed by atoms with Crippen LogP contribution in [0.1, 0.15) is 41.4 Å². The molecule has 0 bridgehead atoms. The van der Waals surface area contributed by atoms with E-state index >= 15 is 0 Å². The van der Waals surface area contributed by atoms with Gasteiger partial charge in [0.2, 0.25) is 0 Å². The van der Waals surface area contributed by atoms with E-state index in [0.29, 0.717) is 0 Å². The van der Waals surface area contributed by atoms with Gasteiger partial charge in [-0.25, -0.2) is 4.79 Å². The van der Waals surface area contributed by atoms with Crippen molar-refractivity contribution in [3.8, 4) is 11.1 Å². The maximum atomic E-state index is 12.5. The van der Waals surface area contributed by atoms with E-state index in [0.717, 1.165) is 22.3 Å². The standard InChI is InChI=1S/C26H28N4O5/c1-15(2)20(25(32)33)13-27-24(31)22-12-23(30(3)29-22)28-26(34)35-14-21-18-10-6-4-8-16(18)17-9-5-7-11-19(17)21/h4-12,15,20-21H,13-14H2,1-3H3,(H,27,31)(H,28,34)(H,32,33). The molecule has 4 rings (SSSR count). The van der Waals surface area contributed by atoms with Crippen molar-refractivity contribution in [2.24, 2.45) is 18.9 Å². The van der Waals surface area contributed by atoms with Crippen molar-refractivity contribution in [2.75, 3.05) is 18.5 Å². The summed E-state index contributed by atoms with van der Waals surface area (Å²) in [7, 11) is 1.59. The van der Waals surface area contributed by atoms with Gasteiger partial charge in [0.15, 0.2) is 5.69 Å². The number of carbonyl (C=O) groups excluding carboxylic acids is 2. The van der Waals surface area contributed by atoms with Gasteiger partial charge in [-0.2, -0.15) is 5.10 Å². The molecule has 1 heterocycles. The summed E-state index contributed by atoms with van der Waals surface area (Å²) < 4.78 is 6.90. The molecule has 0 aliphatic heterocycles. The molecule has 3 N–H and O–H groups in total. The van der Waals surface area contributed by atoms with E-state index in [1.807, 2.05) is 36.4 Å². The zero-order valence-corrected chi connectivity index (χ0v) is 19.8. The monoisotopic (exact) mass is 476 g/mol. The first-order valence-electron chi connectivity index (χ1n) is 11.4. The van der Waals surface area contributed by atoms with E-state index in [-0.39, 0.29) is 36.5 Å². The number of fused-ring (bicyclic) bond motifs is 3. The second-order valence-corrected chi connectivity index (χ2v) is 8.89. The third-order valence-electron chi connectivity index (χ3n) is 6.29. The van der Waals surface area contributed by atoms with Crippen molar-refractivity contribution < 1.29 is 24.2 Å². The van der Waals surface area contributed by atoms with Gasteiger partial charge in [-0.1, -0.05) is 62.4 Å². The van der Waals surface area contributed by atoms with Crippen LogP contribution in [0.3, 0.4) is 0 Å². The molecular formula is C26H28N4O5. The number of carboxylic acid groups (broad SMARTS) is 1. The number of aromatic nitrogens is 2. The van der Waals surface area contributed by atoms with Crippen LogP contribution >= 0.6 is 0 Å². The Kier molecular flexibility index (Phi) is 6.86. The van der Waals surface area contributed by atoms with E-state index < -0.39 is 23.9 Å². The lowest BCUT2D eigenvalue weighted by atomic mass is 9.96. The summed E-state index contributed by atoms with van der Waals surface area (Å²) in [5.74, 6) is -2.12. The Morgan fingerprint density at radius 2 is 1.66 bits per heavy atom. The maximum absolute atomic E-state index is 12.5. The Balaban J connectivity index is 1.37. The SMILES string of the molecule is CC(C)C(CNC(=O)c1cc(NC(=O)OCC2c3ccccc3-c3ccccc32)n(C)n1)C(=O)O. The smallest absolute Gasteiger partial charge is 0.412 e. The predicted octanol–water partition coefficient (Wildman–Crippen LogP) is 3.87. The largest absolute Gasteiger partial charge is 0.481 e. The molecule has 9 heteroatoms. The number of rotatable bonds is 8. The van der Waals surface area contributed by atoms with Crippen molar-refractivity contribution >= 4 is 23.8 Å². The minimum atomic E-state index is -0.973. The van der Waals surface area contributed by atoms with Crippen molar-refractivity contribution in [2.45, 2.75) is 19.8 Å². The number of anilines is 1. The molecule has 1 aliphatic rings. The molecule has 0 fully saturated rings. The van der Waals surface area contributed by atoms with E-state index in [4.69, 9.17) is 4.74 Å². The highest BCUT2D eigenvalue weighted by atomic mass is 16.5. The first kappa shape index (κ1) is 24.0. The van der Waals surface area contributed by atoms with Gasteiger partial charge in [-0.15, -0.1) is 0 Å². The van der Waals surface area contributed by atoms with Crippen molar-refractivity contribution in [3.63, 3.8) is 0 Å². The van der Waals surface area contributed by atoms with Crippen LogP contribution in [0, 0.1) is 11.8 Å². The molecule has 2 amide bonds. The van der Waals surface area contributed by atoms with Crippen molar-refractivity contribution in [3.05, 3.63) is 71.4 Å². The summed E-state index contributed by atoms with van der Waals surface area (Å²) in [5.41, 5.74) is 4.57. The molecular weight excluding hydrogens is 448 g/mol. The van der Waals surface area contributed by atoms with Crippen LogP contribution in [0.4, 0.5) is 10.6 Å².